The standard InChI is InChI=1S/C77H150O17P2/c1-67(2)53-45-37-29-25-21-17-13-11-9-10-12-14-19-23-27-31-43-51-59-76(81)93-72(63-87-74(79)57-49-41-35-33-39-47-55-69(5)6)65-91-95(83,84)89-61-71(78)62-90-96(85,86)92-66-73(64-88-75(80)58-50-42-36-34-40-48-56-70(7)8)94-77(82)60-52-44-32-28-24-20-16-15-18-22-26-30-38-46-54-68(3)4/h67-73,78H,9-66H2,1-8H3,(H,83,84)(H,85,86)/t71?,72-,73-/m1/s1. The van der Waals surface area contributed by atoms with Gasteiger partial charge < -0.3 is 33.8 Å². The molecule has 0 heterocycles. The molecule has 0 saturated carbocycles. The Morgan fingerprint density at radius 3 is 0.646 bits per heavy atom. The minimum absolute atomic E-state index is 0.106. The van der Waals surface area contributed by atoms with E-state index in [9.17, 15) is 43.2 Å². The number of carbonyl (C=O) groups is 4. The molecule has 0 saturated heterocycles. The first-order valence-corrected chi connectivity index (χ1v) is 42.7. The molecule has 19 heteroatoms. The van der Waals surface area contributed by atoms with Crippen molar-refractivity contribution in [2.24, 2.45) is 23.7 Å². The molecule has 0 fully saturated rings. The summed E-state index contributed by atoms with van der Waals surface area (Å²) in [5, 5.41) is 10.6. The minimum atomic E-state index is -4.96. The van der Waals surface area contributed by atoms with Crippen molar-refractivity contribution in [3.63, 3.8) is 0 Å². The van der Waals surface area contributed by atoms with Gasteiger partial charge in [0.1, 0.15) is 19.3 Å². The number of hydrogen-bond donors (Lipinski definition) is 3. The summed E-state index contributed by atoms with van der Waals surface area (Å²) in [4.78, 5) is 72.7. The van der Waals surface area contributed by atoms with Crippen LogP contribution in [0.1, 0.15) is 389 Å². The molecule has 5 atom stereocenters. The van der Waals surface area contributed by atoms with Crippen molar-refractivity contribution in [1.29, 1.82) is 0 Å². The fraction of sp³-hybridized carbons (Fsp3) is 0.948. The lowest BCUT2D eigenvalue weighted by atomic mass is 10.0. The van der Waals surface area contributed by atoms with Crippen LogP contribution in [-0.4, -0.2) is 96.7 Å². The smallest absolute Gasteiger partial charge is 0.462 e. The summed E-state index contributed by atoms with van der Waals surface area (Å²) in [5.74, 6) is 0.850. The third-order valence-corrected chi connectivity index (χ3v) is 19.7. The molecule has 3 unspecified atom stereocenters. The van der Waals surface area contributed by atoms with Gasteiger partial charge >= 0.3 is 39.5 Å². The highest BCUT2D eigenvalue weighted by Crippen LogP contribution is 2.45. The van der Waals surface area contributed by atoms with Crippen LogP contribution < -0.4 is 0 Å². The molecule has 0 aromatic carbocycles. The molecule has 96 heavy (non-hydrogen) atoms. The molecule has 0 aliphatic carbocycles. The maximum atomic E-state index is 13.1. The number of ether oxygens (including phenoxy) is 4. The van der Waals surface area contributed by atoms with Crippen molar-refractivity contribution < 1.29 is 80.2 Å². The van der Waals surface area contributed by atoms with E-state index in [0.717, 1.165) is 115 Å². The van der Waals surface area contributed by atoms with Crippen LogP contribution in [0, 0.1) is 23.7 Å². The number of rotatable bonds is 74. The average molecular weight is 1410 g/mol. The van der Waals surface area contributed by atoms with E-state index in [1.807, 2.05) is 0 Å². The molecule has 0 spiro atoms. The van der Waals surface area contributed by atoms with E-state index < -0.39 is 97.5 Å². The lowest BCUT2D eigenvalue weighted by Gasteiger charge is -2.21. The molecule has 0 radical (unpaired) electrons. The van der Waals surface area contributed by atoms with Gasteiger partial charge in [-0.05, 0) is 49.4 Å². The van der Waals surface area contributed by atoms with E-state index in [4.69, 9.17) is 37.0 Å². The largest absolute Gasteiger partial charge is 0.472 e. The van der Waals surface area contributed by atoms with Gasteiger partial charge in [-0.15, -0.1) is 0 Å². The maximum Gasteiger partial charge on any atom is 0.472 e. The third-order valence-electron chi connectivity index (χ3n) is 17.8. The molecule has 0 aromatic heterocycles. The Bertz CT molecular complexity index is 1880. The van der Waals surface area contributed by atoms with Crippen LogP contribution in [0.3, 0.4) is 0 Å². The second kappa shape index (κ2) is 66.3. The van der Waals surface area contributed by atoms with Crippen LogP contribution >= 0.6 is 15.6 Å². The number of phosphoric ester groups is 2. The molecule has 17 nitrogen and oxygen atoms in total. The Balaban J connectivity index is 5.14. The molecular formula is C77H150O17P2. The van der Waals surface area contributed by atoms with E-state index in [-0.39, 0.29) is 25.7 Å². The number of aliphatic hydroxyl groups is 1. The van der Waals surface area contributed by atoms with Gasteiger partial charge in [-0.3, -0.25) is 37.3 Å². The molecule has 3 N–H and O–H groups in total. The van der Waals surface area contributed by atoms with Gasteiger partial charge in [0.05, 0.1) is 26.4 Å². The van der Waals surface area contributed by atoms with Crippen molar-refractivity contribution >= 4 is 39.5 Å². The molecule has 570 valence electrons. The van der Waals surface area contributed by atoms with Crippen molar-refractivity contribution in [2.75, 3.05) is 39.6 Å². The van der Waals surface area contributed by atoms with Gasteiger partial charge in [0.25, 0.3) is 0 Å². The van der Waals surface area contributed by atoms with Gasteiger partial charge in [0.2, 0.25) is 0 Å². The number of aliphatic hydroxyl groups excluding tert-OH is 1. The predicted molar refractivity (Wildman–Crippen MR) is 391 cm³/mol. The van der Waals surface area contributed by atoms with E-state index >= 15 is 0 Å². The van der Waals surface area contributed by atoms with Crippen LogP contribution in [0.5, 0.6) is 0 Å². The summed E-state index contributed by atoms with van der Waals surface area (Å²) in [6.07, 6.45) is 51.8. The van der Waals surface area contributed by atoms with E-state index in [2.05, 4.69) is 55.4 Å². The fourth-order valence-electron chi connectivity index (χ4n) is 11.7. The van der Waals surface area contributed by atoms with Crippen LogP contribution in [0.4, 0.5) is 0 Å². The molecule has 0 bridgehead atoms. The summed E-state index contributed by atoms with van der Waals surface area (Å²) >= 11 is 0. The molecule has 0 aliphatic rings. The van der Waals surface area contributed by atoms with Gasteiger partial charge in [0, 0.05) is 25.7 Å². The van der Waals surface area contributed by atoms with Gasteiger partial charge in [-0.25, -0.2) is 9.13 Å². The highest BCUT2D eigenvalue weighted by molar-refractivity contribution is 7.47. The first kappa shape index (κ1) is 94.1. The average Bonchev–Trinajstić information content (AvgIpc) is 1.49. The third kappa shape index (κ3) is 70.5. The van der Waals surface area contributed by atoms with Crippen molar-refractivity contribution in [2.45, 2.75) is 408 Å². The Hall–Kier alpha value is -1.94. The van der Waals surface area contributed by atoms with E-state index in [1.165, 1.54) is 180 Å². The second-order valence-electron chi connectivity index (χ2n) is 29.7. The normalized spacial score (nSPS) is 14.1. The van der Waals surface area contributed by atoms with Crippen LogP contribution in [0.2, 0.25) is 0 Å². The first-order valence-electron chi connectivity index (χ1n) is 39.7. The van der Waals surface area contributed by atoms with Gasteiger partial charge in [-0.1, -0.05) is 338 Å². The molecular weight excluding hydrogens is 1260 g/mol. The highest BCUT2D eigenvalue weighted by atomic mass is 31.2. The number of esters is 4. The van der Waals surface area contributed by atoms with Crippen LogP contribution in [0.25, 0.3) is 0 Å². The number of carbonyl (C=O) groups excluding carboxylic acids is 4. The number of unbranched alkanes of at least 4 members (excludes halogenated alkanes) is 40. The first-order chi connectivity index (χ1) is 46.1. The molecule has 0 amide bonds. The summed E-state index contributed by atoms with van der Waals surface area (Å²) in [6, 6.07) is 0. The number of phosphoric acid groups is 2. The van der Waals surface area contributed by atoms with Crippen LogP contribution in [0.15, 0.2) is 0 Å². The lowest BCUT2D eigenvalue weighted by molar-refractivity contribution is -0.161. The minimum Gasteiger partial charge on any atom is -0.462 e. The van der Waals surface area contributed by atoms with Crippen molar-refractivity contribution in [1.82, 2.24) is 0 Å². The quantitative estimate of drug-likeness (QED) is 0.0222. The lowest BCUT2D eigenvalue weighted by Crippen LogP contribution is -2.30. The van der Waals surface area contributed by atoms with E-state index in [0.29, 0.717) is 37.5 Å². The van der Waals surface area contributed by atoms with E-state index in [1.54, 1.807) is 0 Å². The molecule has 0 aromatic rings. The second-order valence-corrected chi connectivity index (χ2v) is 32.6. The highest BCUT2D eigenvalue weighted by Gasteiger charge is 2.30. The predicted octanol–water partition coefficient (Wildman–Crippen LogP) is 22.4. The Morgan fingerprint density at radius 2 is 0.438 bits per heavy atom. The molecule has 0 aliphatic heterocycles. The Morgan fingerprint density at radius 1 is 0.260 bits per heavy atom. The summed E-state index contributed by atoms with van der Waals surface area (Å²) in [7, 11) is -9.91. The fourth-order valence-corrected chi connectivity index (χ4v) is 13.3. The Kier molecular flexibility index (Phi) is 65.0. The maximum absolute atomic E-state index is 13.1. The summed E-state index contributed by atoms with van der Waals surface area (Å²) < 4.78 is 68.4. The van der Waals surface area contributed by atoms with Gasteiger partial charge in [0.15, 0.2) is 12.2 Å². The molecule has 0 rings (SSSR count). The zero-order valence-corrected chi connectivity index (χ0v) is 64.8. The summed E-state index contributed by atoms with van der Waals surface area (Å²) in [6.45, 7) is 14.1. The van der Waals surface area contributed by atoms with Crippen molar-refractivity contribution in [3.05, 3.63) is 0 Å². The van der Waals surface area contributed by atoms with Gasteiger partial charge in [-0.2, -0.15) is 0 Å². The summed E-state index contributed by atoms with van der Waals surface area (Å²) in [5.41, 5.74) is 0. The monoisotopic (exact) mass is 1410 g/mol. The topological polar surface area (TPSA) is 237 Å². The number of hydrogen-bond acceptors (Lipinski definition) is 15. The zero-order chi connectivity index (χ0) is 71.0. The van der Waals surface area contributed by atoms with Crippen LogP contribution in [-0.2, 0) is 65.4 Å². The zero-order valence-electron chi connectivity index (χ0n) is 63.0. The SMILES string of the molecule is CC(C)CCCCCCCCCCCCCCCCCCCCC(=O)O[C@H](COC(=O)CCCCCCCCC(C)C)COP(=O)(O)OCC(O)COP(=O)(O)OC[C@@H](COC(=O)CCCCCCCCC(C)C)OC(=O)CCCCCCCCCCCCCCCCC(C)C. The van der Waals surface area contributed by atoms with Crippen molar-refractivity contribution in [3.8, 4) is 0 Å². The Labute approximate surface area is 588 Å².